The molecule has 0 bridgehead atoms. The summed E-state index contributed by atoms with van der Waals surface area (Å²) in [5, 5.41) is 0.650. The van der Waals surface area contributed by atoms with Crippen molar-refractivity contribution in [2.24, 2.45) is 0 Å². The van der Waals surface area contributed by atoms with Gasteiger partial charge in [-0.15, -0.1) is 0 Å². The minimum absolute atomic E-state index is 0.385. The predicted octanol–water partition coefficient (Wildman–Crippen LogP) is 3.58. The predicted molar refractivity (Wildman–Crippen MR) is 64.2 cm³/mol. The highest BCUT2D eigenvalue weighted by Crippen LogP contribution is 2.35. The minimum Gasteiger partial charge on any atom is -0.495 e. The molecule has 0 spiro atoms. The van der Waals surface area contributed by atoms with Crippen LogP contribution in [-0.4, -0.2) is 12.9 Å². The summed E-state index contributed by atoms with van der Waals surface area (Å²) in [6.45, 7) is 0. The molecule has 86 valence electrons. The summed E-state index contributed by atoms with van der Waals surface area (Å²) >= 11 is 6.09. The molecule has 2 nitrogen and oxygen atoms in total. The molecule has 0 aromatic heterocycles. The molecule has 0 atom stereocenters. The lowest BCUT2D eigenvalue weighted by atomic mass is 9.83. The van der Waals surface area contributed by atoms with Gasteiger partial charge in [0.25, 0.3) is 0 Å². The van der Waals surface area contributed by atoms with Gasteiger partial charge in [0.1, 0.15) is 11.5 Å². The maximum atomic E-state index is 11.2. The van der Waals surface area contributed by atoms with E-state index >= 15 is 0 Å². The van der Waals surface area contributed by atoms with Gasteiger partial charge in [0.2, 0.25) is 0 Å². The molecule has 0 radical (unpaired) electrons. The zero-order valence-electron chi connectivity index (χ0n) is 9.33. The Morgan fingerprint density at radius 2 is 2.00 bits per heavy atom. The van der Waals surface area contributed by atoms with Crippen LogP contribution in [0.25, 0.3) is 0 Å². The highest BCUT2D eigenvalue weighted by atomic mass is 35.5. The quantitative estimate of drug-likeness (QED) is 0.787. The van der Waals surface area contributed by atoms with Gasteiger partial charge in [-0.25, -0.2) is 0 Å². The number of carbonyl (C=O) groups excluding carboxylic acids is 1. The second-order valence-corrected chi connectivity index (χ2v) is 4.61. The summed E-state index contributed by atoms with van der Waals surface area (Å²) in [6, 6.07) is 5.90. The zero-order valence-corrected chi connectivity index (χ0v) is 10.1. The lowest BCUT2D eigenvalue weighted by molar-refractivity contribution is -0.120. The van der Waals surface area contributed by atoms with Gasteiger partial charge in [-0.2, -0.15) is 0 Å². The van der Waals surface area contributed by atoms with Gasteiger partial charge in [0.15, 0.2) is 0 Å². The number of benzene rings is 1. The first-order valence-electron chi connectivity index (χ1n) is 5.56. The van der Waals surface area contributed by atoms with Gasteiger partial charge in [0.05, 0.1) is 12.1 Å². The van der Waals surface area contributed by atoms with E-state index in [1.807, 2.05) is 18.2 Å². The summed E-state index contributed by atoms with van der Waals surface area (Å²) in [5.74, 6) is 1.56. The Bertz CT molecular complexity index is 391. The van der Waals surface area contributed by atoms with Gasteiger partial charge >= 0.3 is 0 Å². The maximum absolute atomic E-state index is 11.2. The number of Topliss-reactive ketones (excluding diaryl/α,β-unsaturated/α-hetero) is 1. The molecular weight excluding hydrogens is 224 g/mol. The highest BCUT2D eigenvalue weighted by molar-refractivity contribution is 6.32. The number of halogens is 1. The van der Waals surface area contributed by atoms with Crippen molar-refractivity contribution in [1.82, 2.24) is 0 Å². The van der Waals surface area contributed by atoms with Gasteiger partial charge in [-0.1, -0.05) is 17.7 Å². The number of ether oxygens (including phenoxy) is 1. The van der Waals surface area contributed by atoms with Crippen molar-refractivity contribution >= 4 is 17.4 Å². The molecule has 0 N–H and O–H groups in total. The Kier molecular flexibility index (Phi) is 3.49. The van der Waals surface area contributed by atoms with Crippen molar-refractivity contribution in [2.45, 2.75) is 31.6 Å². The largest absolute Gasteiger partial charge is 0.495 e. The SMILES string of the molecule is COc1ccc(C2CCC(=O)CC2)cc1Cl. The molecule has 16 heavy (non-hydrogen) atoms. The average molecular weight is 239 g/mol. The number of hydrogen-bond donors (Lipinski definition) is 0. The highest BCUT2D eigenvalue weighted by Gasteiger charge is 2.20. The first-order valence-corrected chi connectivity index (χ1v) is 5.93. The van der Waals surface area contributed by atoms with Crippen LogP contribution in [0.4, 0.5) is 0 Å². The third-order valence-corrected chi connectivity index (χ3v) is 3.49. The van der Waals surface area contributed by atoms with Crippen LogP contribution >= 0.6 is 11.6 Å². The average Bonchev–Trinajstić information content (AvgIpc) is 2.30. The van der Waals surface area contributed by atoms with Gasteiger partial charge in [-0.3, -0.25) is 4.79 Å². The summed E-state index contributed by atoms with van der Waals surface area (Å²) < 4.78 is 5.12. The Labute approximate surface area is 101 Å². The topological polar surface area (TPSA) is 26.3 Å². The summed E-state index contributed by atoms with van der Waals surface area (Å²) in [5.41, 5.74) is 1.22. The van der Waals surface area contributed by atoms with Crippen molar-refractivity contribution in [1.29, 1.82) is 0 Å². The van der Waals surface area contributed by atoms with Crippen molar-refractivity contribution < 1.29 is 9.53 Å². The Morgan fingerprint density at radius 1 is 1.31 bits per heavy atom. The third kappa shape index (κ3) is 2.38. The van der Waals surface area contributed by atoms with E-state index in [0.29, 0.717) is 35.3 Å². The molecule has 1 aromatic rings. The van der Waals surface area contributed by atoms with E-state index in [0.717, 1.165) is 12.8 Å². The fraction of sp³-hybridized carbons (Fsp3) is 0.462. The van der Waals surface area contributed by atoms with Crippen LogP contribution < -0.4 is 4.74 Å². The smallest absolute Gasteiger partial charge is 0.137 e. The van der Waals surface area contributed by atoms with Crippen LogP contribution in [0.3, 0.4) is 0 Å². The maximum Gasteiger partial charge on any atom is 0.137 e. The molecule has 1 aromatic carbocycles. The molecule has 0 aliphatic heterocycles. The molecule has 1 saturated carbocycles. The first kappa shape index (κ1) is 11.5. The molecule has 1 fully saturated rings. The van der Waals surface area contributed by atoms with Crippen LogP contribution in [0.2, 0.25) is 5.02 Å². The number of methoxy groups -OCH3 is 1. The van der Waals surface area contributed by atoms with Crippen molar-refractivity contribution in [2.75, 3.05) is 7.11 Å². The third-order valence-electron chi connectivity index (χ3n) is 3.19. The van der Waals surface area contributed by atoms with Crippen molar-refractivity contribution in [3.8, 4) is 5.75 Å². The Balaban J connectivity index is 2.15. The summed E-state index contributed by atoms with van der Waals surface area (Å²) in [6.07, 6.45) is 3.30. The van der Waals surface area contributed by atoms with E-state index in [-0.39, 0.29) is 0 Å². The zero-order chi connectivity index (χ0) is 11.5. The molecule has 0 unspecified atom stereocenters. The van der Waals surface area contributed by atoms with Crippen molar-refractivity contribution in [3.05, 3.63) is 28.8 Å². The Hall–Kier alpha value is -1.02. The van der Waals surface area contributed by atoms with Gasteiger partial charge in [-0.05, 0) is 36.5 Å². The lowest BCUT2D eigenvalue weighted by Gasteiger charge is -2.21. The van der Waals surface area contributed by atoms with Gasteiger partial charge < -0.3 is 4.74 Å². The second-order valence-electron chi connectivity index (χ2n) is 4.21. The molecule has 1 aliphatic rings. The lowest BCUT2D eigenvalue weighted by Crippen LogP contribution is -2.12. The second kappa shape index (κ2) is 4.88. The van der Waals surface area contributed by atoms with Crippen LogP contribution in [-0.2, 0) is 4.79 Å². The molecule has 1 aliphatic carbocycles. The molecule has 0 saturated heterocycles. The van der Waals surface area contributed by atoms with E-state index < -0.39 is 0 Å². The van der Waals surface area contributed by atoms with E-state index in [4.69, 9.17) is 16.3 Å². The fourth-order valence-electron chi connectivity index (χ4n) is 2.21. The molecule has 0 heterocycles. The number of carbonyl (C=O) groups is 1. The van der Waals surface area contributed by atoms with E-state index in [1.54, 1.807) is 7.11 Å². The van der Waals surface area contributed by atoms with E-state index in [2.05, 4.69) is 0 Å². The number of ketones is 1. The van der Waals surface area contributed by atoms with E-state index in [1.165, 1.54) is 5.56 Å². The van der Waals surface area contributed by atoms with Gasteiger partial charge in [0, 0.05) is 12.8 Å². The minimum atomic E-state index is 0.385. The first-order chi connectivity index (χ1) is 7.70. The summed E-state index contributed by atoms with van der Waals surface area (Å²) in [4.78, 5) is 11.2. The number of hydrogen-bond acceptors (Lipinski definition) is 2. The van der Waals surface area contributed by atoms with Crippen molar-refractivity contribution in [3.63, 3.8) is 0 Å². The van der Waals surface area contributed by atoms with Crippen LogP contribution in [0.15, 0.2) is 18.2 Å². The molecule has 0 amide bonds. The van der Waals surface area contributed by atoms with Crippen LogP contribution in [0.5, 0.6) is 5.75 Å². The monoisotopic (exact) mass is 238 g/mol. The normalized spacial score (nSPS) is 17.5. The fourth-order valence-corrected chi connectivity index (χ4v) is 2.48. The number of rotatable bonds is 2. The van der Waals surface area contributed by atoms with Crippen LogP contribution in [0, 0.1) is 0 Å². The molecule has 2 rings (SSSR count). The molecule has 3 heteroatoms. The molecular formula is C13H15ClO2. The van der Waals surface area contributed by atoms with Crippen LogP contribution in [0.1, 0.15) is 37.2 Å². The summed E-state index contributed by atoms with van der Waals surface area (Å²) in [7, 11) is 1.61. The Morgan fingerprint density at radius 3 is 2.56 bits per heavy atom. The van der Waals surface area contributed by atoms with E-state index in [9.17, 15) is 4.79 Å². The standard InChI is InChI=1S/C13H15ClO2/c1-16-13-7-4-10(8-12(13)14)9-2-5-11(15)6-3-9/h4,7-9H,2-3,5-6H2,1H3.